The summed E-state index contributed by atoms with van der Waals surface area (Å²) in [7, 11) is 0. The van der Waals surface area contributed by atoms with Crippen LogP contribution in [-0.4, -0.2) is 10.1 Å². The number of nitrogens with zero attached hydrogens (tertiary/aromatic N) is 1. The second-order valence-corrected chi connectivity index (χ2v) is 3.45. The number of aromatic hydroxyl groups is 1. The highest BCUT2D eigenvalue weighted by Gasteiger charge is 2.32. The average molecular weight is 239 g/mol. The van der Waals surface area contributed by atoms with Crippen LogP contribution in [0.5, 0.6) is 5.75 Å². The average Bonchev–Trinajstić information content (AvgIpc) is 2.29. The van der Waals surface area contributed by atoms with Gasteiger partial charge in [-0.1, -0.05) is 24.3 Å². The van der Waals surface area contributed by atoms with Crippen molar-refractivity contribution in [3.05, 3.63) is 48.3 Å². The van der Waals surface area contributed by atoms with Crippen molar-refractivity contribution < 1.29 is 18.3 Å². The zero-order valence-corrected chi connectivity index (χ0v) is 8.57. The number of hydrogen-bond acceptors (Lipinski definition) is 2. The smallest absolute Gasteiger partial charge is 0.433 e. The van der Waals surface area contributed by atoms with Crippen molar-refractivity contribution >= 4 is 0 Å². The van der Waals surface area contributed by atoms with Crippen LogP contribution >= 0.6 is 0 Å². The SMILES string of the molecule is Oc1ccccc1-c1ccc(C(F)(F)F)nc1. The Morgan fingerprint density at radius 2 is 1.71 bits per heavy atom. The second-order valence-electron chi connectivity index (χ2n) is 3.45. The van der Waals surface area contributed by atoms with Crippen LogP contribution in [0.25, 0.3) is 11.1 Å². The Morgan fingerprint density at radius 1 is 1.00 bits per heavy atom. The fourth-order valence-electron chi connectivity index (χ4n) is 1.44. The van der Waals surface area contributed by atoms with Gasteiger partial charge in [0.05, 0.1) is 0 Å². The Hall–Kier alpha value is -2.04. The maximum atomic E-state index is 12.3. The first-order chi connectivity index (χ1) is 7.98. The van der Waals surface area contributed by atoms with E-state index in [1.807, 2.05) is 0 Å². The summed E-state index contributed by atoms with van der Waals surface area (Å²) >= 11 is 0. The molecule has 1 aromatic carbocycles. The Morgan fingerprint density at radius 3 is 2.24 bits per heavy atom. The van der Waals surface area contributed by atoms with E-state index in [-0.39, 0.29) is 5.75 Å². The Kier molecular flexibility index (Phi) is 2.75. The van der Waals surface area contributed by atoms with Crippen molar-refractivity contribution in [2.24, 2.45) is 0 Å². The fraction of sp³-hybridized carbons (Fsp3) is 0.0833. The molecule has 0 spiro atoms. The van der Waals surface area contributed by atoms with Gasteiger partial charge >= 0.3 is 6.18 Å². The molecule has 2 aromatic rings. The molecule has 0 unspecified atom stereocenters. The van der Waals surface area contributed by atoms with Gasteiger partial charge in [-0.3, -0.25) is 4.98 Å². The lowest BCUT2D eigenvalue weighted by atomic mass is 10.1. The number of rotatable bonds is 1. The van der Waals surface area contributed by atoms with Crippen LogP contribution < -0.4 is 0 Å². The van der Waals surface area contributed by atoms with E-state index < -0.39 is 11.9 Å². The molecule has 0 fully saturated rings. The van der Waals surface area contributed by atoms with Gasteiger partial charge in [-0.25, -0.2) is 0 Å². The van der Waals surface area contributed by atoms with E-state index in [1.54, 1.807) is 18.2 Å². The molecule has 0 bridgehead atoms. The molecule has 0 aliphatic carbocycles. The number of benzene rings is 1. The van der Waals surface area contributed by atoms with Crippen molar-refractivity contribution in [2.75, 3.05) is 0 Å². The number of para-hydroxylation sites is 1. The molecule has 0 radical (unpaired) electrons. The van der Waals surface area contributed by atoms with E-state index in [0.29, 0.717) is 11.1 Å². The molecule has 17 heavy (non-hydrogen) atoms. The molecule has 0 saturated carbocycles. The lowest BCUT2D eigenvalue weighted by molar-refractivity contribution is -0.141. The van der Waals surface area contributed by atoms with Gasteiger partial charge in [0.2, 0.25) is 0 Å². The minimum atomic E-state index is -4.45. The summed E-state index contributed by atoms with van der Waals surface area (Å²) in [6.07, 6.45) is -3.35. The summed E-state index contributed by atoms with van der Waals surface area (Å²) in [4.78, 5) is 3.33. The maximum absolute atomic E-state index is 12.3. The molecule has 0 aliphatic rings. The van der Waals surface area contributed by atoms with Crippen LogP contribution in [0.1, 0.15) is 5.69 Å². The van der Waals surface area contributed by atoms with Gasteiger partial charge in [0, 0.05) is 17.3 Å². The van der Waals surface area contributed by atoms with Crippen molar-refractivity contribution in [3.8, 4) is 16.9 Å². The molecule has 88 valence electrons. The fourth-order valence-corrected chi connectivity index (χ4v) is 1.44. The van der Waals surface area contributed by atoms with Crippen LogP contribution in [0, 0.1) is 0 Å². The van der Waals surface area contributed by atoms with E-state index >= 15 is 0 Å². The van der Waals surface area contributed by atoms with Gasteiger partial charge in [-0.05, 0) is 12.1 Å². The highest BCUT2D eigenvalue weighted by molar-refractivity contribution is 5.69. The quantitative estimate of drug-likeness (QED) is 0.826. The molecule has 0 atom stereocenters. The lowest BCUT2D eigenvalue weighted by Crippen LogP contribution is -2.07. The van der Waals surface area contributed by atoms with Crippen molar-refractivity contribution in [1.82, 2.24) is 4.98 Å². The van der Waals surface area contributed by atoms with Crippen molar-refractivity contribution in [1.29, 1.82) is 0 Å². The van der Waals surface area contributed by atoms with Crippen LogP contribution in [0.4, 0.5) is 13.2 Å². The molecule has 2 rings (SSSR count). The molecule has 0 amide bonds. The highest BCUT2D eigenvalue weighted by atomic mass is 19.4. The summed E-state index contributed by atoms with van der Waals surface area (Å²) in [5.41, 5.74) is -0.0542. The Balaban J connectivity index is 2.40. The predicted octanol–water partition coefficient (Wildman–Crippen LogP) is 3.47. The van der Waals surface area contributed by atoms with E-state index in [2.05, 4.69) is 4.98 Å². The first-order valence-electron chi connectivity index (χ1n) is 4.80. The zero-order chi connectivity index (χ0) is 12.5. The minimum Gasteiger partial charge on any atom is -0.507 e. The molecule has 1 N–H and O–H groups in total. The van der Waals surface area contributed by atoms with E-state index in [9.17, 15) is 18.3 Å². The molecular weight excluding hydrogens is 231 g/mol. The molecule has 1 heterocycles. The van der Waals surface area contributed by atoms with Crippen LogP contribution in [0.2, 0.25) is 0 Å². The van der Waals surface area contributed by atoms with Crippen LogP contribution in [0.3, 0.4) is 0 Å². The standard InChI is InChI=1S/C12H8F3NO/c13-12(14,15)11-6-5-8(7-16-11)9-3-1-2-4-10(9)17/h1-7,17H. The largest absolute Gasteiger partial charge is 0.507 e. The molecule has 2 nitrogen and oxygen atoms in total. The molecular formula is C12H8F3NO. The number of halogens is 3. The Bertz CT molecular complexity index is 520. The molecule has 5 heteroatoms. The molecule has 1 aromatic heterocycles. The maximum Gasteiger partial charge on any atom is 0.433 e. The van der Waals surface area contributed by atoms with E-state index in [4.69, 9.17) is 0 Å². The Labute approximate surface area is 95.4 Å². The van der Waals surface area contributed by atoms with Crippen LogP contribution in [-0.2, 0) is 6.18 Å². The third kappa shape index (κ3) is 2.38. The second kappa shape index (κ2) is 4.08. The topological polar surface area (TPSA) is 33.1 Å². The highest BCUT2D eigenvalue weighted by Crippen LogP contribution is 2.31. The molecule has 0 aliphatic heterocycles. The first kappa shape index (κ1) is 11.4. The van der Waals surface area contributed by atoms with Gasteiger partial charge < -0.3 is 5.11 Å². The van der Waals surface area contributed by atoms with Gasteiger partial charge in [-0.2, -0.15) is 13.2 Å². The number of aromatic nitrogens is 1. The van der Waals surface area contributed by atoms with Crippen LogP contribution in [0.15, 0.2) is 42.6 Å². The van der Waals surface area contributed by atoms with Gasteiger partial charge in [0.15, 0.2) is 0 Å². The van der Waals surface area contributed by atoms with Gasteiger partial charge in [-0.15, -0.1) is 0 Å². The van der Waals surface area contributed by atoms with E-state index in [1.165, 1.54) is 12.1 Å². The number of phenolic OH excluding ortho intramolecular Hbond substituents is 1. The number of hydrogen-bond donors (Lipinski definition) is 1. The summed E-state index contributed by atoms with van der Waals surface area (Å²) in [5.74, 6) is 0.00839. The summed E-state index contributed by atoms with van der Waals surface area (Å²) < 4.78 is 36.9. The minimum absolute atomic E-state index is 0.00839. The lowest BCUT2D eigenvalue weighted by Gasteiger charge is -2.07. The van der Waals surface area contributed by atoms with Crippen molar-refractivity contribution in [2.45, 2.75) is 6.18 Å². The third-order valence-corrected chi connectivity index (χ3v) is 2.27. The molecule has 0 saturated heterocycles. The predicted molar refractivity (Wildman–Crippen MR) is 56.3 cm³/mol. The van der Waals surface area contributed by atoms with E-state index in [0.717, 1.165) is 12.3 Å². The van der Waals surface area contributed by atoms with Gasteiger partial charge in [0.1, 0.15) is 11.4 Å². The normalized spacial score (nSPS) is 11.5. The monoisotopic (exact) mass is 239 g/mol. The number of pyridine rings is 1. The van der Waals surface area contributed by atoms with Crippen molar-refractivity contribution in [3.63, 3.8) is 0 Å². The summed E-state index contributed by atoms with van der Waals surface area (Å²) in [5, 5.41) is 9.54. The number of alkyl halides is 3. The first-order valence-corrected chi connectivity index (χ1v) is 4.80. The van der Waals surface area contributed by atoms with Gasteiger partial charge in [0.25, 0.3) is 0 Å². The zero-order valence-electron chi connectivity index (χ0n) is 8.57. The summed E-state index contributed by atoms with van der Waals surface area (Å²) in [6.45, 7) is 0. The summed E-state index contributed by atoms with van der Waals surface area (Å²) in [6, 6.07) is 8.57. The third-order valence-electron chi connectivity index (χ3n) is 2.27. The number of phenols is 1.